The van der Waals surface area contributed by atoms with Gasteiger partial charge in [-0.1, -0.05) is 46.8 Å². The molecule has 0 radical (unpaired) electrons. The second-order valence-corrected chi connectivity index (χ2v) is 7.20. The molecule has 0 unspecified atom stereocenters. The summed E-state index contributed by atoms with van der Waals surface area (Å²) in [5.74, 6) is 0.487. The fourth-order valence-electron chi connectivity index (χ4n) is 1.43. The Morgan fingerprint density at radius 2 is 1.50 bits per heavy atom. The monoisotopic (exact) mass is 282 g/mol. The van der Waals surface area contributed by atoms with Crippen LogP contribution < -0.4 is 5.73 Å². The van der Waals surface area contributed by atoms with Crippen molar-refractivity contribution in [3.05, 3.63) is 11.9 Å². The molecule has 0 bridgehead atoms. The molecule has 1 aromatic heterocycles. The van der Waals surface area contributed by atoms with Crippen LogP contribution in [0.25, 0.3) is 0 Å². The maximum atomic E-state index is 6.25. The number of hydrogen-bond donors (Lipinski definition) is 1. The van der Waals surface area contributed by atoms with Gasteiger partial charge >= 0.3 is 0 Å². The van der Waals surface area contributed by atoms with E-state index in [2.05, 4.69) is 51.9 Å². The fourth-order valence-corrected chi connectivity index (χ4v) is 1.43. The van der Waals surface area contributed by atoms with Crippen molar-refractivity contribution in [2.24, 2.45) is 11.7 Å². The first-order valence-corrected chi connectivity index (χ1v) is 7.63. The predicted octanol–water partition coefficient (Wildman–Crippen LogP) is 3.71. The first kappa shape index (κ1) is 19.1. The Bertz CT molecular complexity index is 408. The molecule has 0 aliphatic heterocycles. The van der Waals surface area contributed by atoms with Gasteiger partial charge in [0.1, 0.15) is 0 Å². The largest absolute Gasteiger partial charge is 0.325 e. The normalized spacial score (nSPS) is 13.2. The van der Waals surface area contributed by atoms with E-state index in [1.165, 1.54) is 0 Å². The van der Waals surface area contributed by atoms with Crippen LogP contribution >= 0.6 is 0 Å². The predicted molar refractivity (Wildman–Crippen MR) is 86.8 cm³/mol. The van der Waals surface area contributed by atoms with Crippen molar-refractivity contribution in [2.45, 2.75) is 85.7 Å². The standard InChI is InChI=1S/C14H28N4.C2H6/c1-10(2)13(5,6)18-9-11(16-17-18)12(3,4)14(7,8)15;1-2/h9-10H,15H2,1-8H3;1-2H3. The molecule has 0 aliphatic rings. The van der Waals surface area contributed by atoms with E-state index >= 15 is 0 Å². The Morgan fingerprint density at radius 3 is 1.85 bits per heavy atom. The molecule has 1 heterocycles. The van der Waals surface area contributed by atoms with E-state index in [1.807, 2.05) is 38.6 Å². The van der Waals surface area contributed by atoms with E-state index in [1.54, 1.807) is 0 Å². The molecule has 2 N–H and O–H groups in total. The highest BCUT2D eigenvalue weighted by atomic mass is 15.4. The minimum Gasteiger partial charge on any atom is -0.325 e. The smallest absolute Gasteiger partial charge is 0.0901 e. The first-order chi connectivity index (χ1) is 8.90. The average Bonchev–Trinajstić information content (AvgIpc) is 2.80. The molecule has 4 heteroatoms. The molecule has 0 fully saturated rings. The molecule has 0 aliphatic carbocycles. The van der Waals surface area contributed by atoms with Crippen LogP contribution in [0.4, 0.5) is 0 Å². The minimum absolute atomic E-state index is 0.0416. The molecule has 1 rings (SSSR count). The topological polar surface area (TPSA) is 56.7 Å². The zero-order chi connectivity index (χ0) is 16.4. The van der Waals surface area contributed by atoms with Crippen molar-refractivity contribution in [1.82, 2.24) is 15.0 Å². The Balaban J connectivity index is 0.00000172. The summed E-state index contributed by atoms with van der Waals surface area (Å²) in [6, 6.07) is 0. The summed E-state index contributed by atoms with van der Waals surface area (Å²) in [5.41, 5.74) is 6.61. The van der Waals surface area contributed by atoms with Gasteiger partial charge < -0.3 is 5.73 Å². The SMILES string of the molecule is CC.CC(C)C(C)(C)n1cc(C(C)(C)C(C)(C)N)nn1. The Kier molecular flexibility index (Phi) is 5.97. The van der Waals surface area contributed by atoms with Crippen LogP contribution in [0.1, 0.15) is 74.9 Å². The van der Waals surface area contributed by atoms with Crippen molar-refractivity contribution < 1.29 is 0 Å². The molecule has 20 heavy (non-hydrogen) atoms. The summed E-state index contributed by atoms with van der Waals surface area (Å²) in [6.07, 6.45) is 2.04. The van der Waals surface area contributed by atoms with Gasteiger partial charge in [0.2, 0.25) is 0 Å². The van der Waals surface area contributed by atoms with Gasteiger partial charge in [0.05, 0.1) is 11.2 Å². The maximum Gasteiger partial charge on any atom is 0.0901 e. The fraction of sp³-hybridized carbons (Fsp3) is 0.875. The summed E-state index contributed by atoms with van der Waals surface area (Å²) >= 11 is 0. The number of aromatic nitrogens is 3. The van der Waals surface area contributed by atoms with Crippen LogP contribution in [0.2, 0.25) is 0 Å². The molecule has 4 nitrogen and oxygen atoms in total. The summed E-state index contributed by atoms with van der Waals surface area (Å²) in [6.45, 7) is 21.0. The Labute approximate surface area is 125 Å². The third kappa shape index (κ3) is 3.60. The lowest BCUT2D eigenvalue weighted by Gasteiger charge is -2.36. The van der Waals surface area contributed by atoms with Crippen molar-refractivity contribution >= 4 is 0 Å². The minimum atomic E-state index is -0.337. The highest BCUT2D eigenvalue weighted by Gasteiger charge is 2.38. The Hall–Kier alpha value is -0.900. The molecular weight excluding hydrogens is 248 g/mol. The van der Waals surface area contributed by atoms with Gasteiger partial charge in [-0.05, 0) is 33.6 Å². The van der Waals surface area contributed by atoms with Gasteiger partial charge in [-0.15, -0.1) is 5.10 Å². The second-order valence-electron chi connectivity index (χ2n) is 7.20. The summed E-state index contributed by atoms with van der Waals surface area (Å²) < 4.78 is 1.96. The first-order valence-electron chi connectivity index (χ1n) is 7.63. The summed E-state index contributed by atoms with van der Waals surface area (Å²) in [7, 11) is 0. The number of nitrogens with zero attached hydrogens (tertiary/aromatic N) is 3. The van der Waals surface area contributed by atoms with E-state index in [4.69, 9.17) is 5.73 Å². The van der Waals surface area contributed by atoms with Crippen molar-refractivity contribution in [2.75, 3.05) is 0 Å². The second kappa shape index (κ2) is 6.25. The number of rotatable bonds is 4. The van der Waals surface area contributed by atoms with Crippen LogP contribution in [0, 0.1) is 5.92 Å². The third-order valence-electron chi connectivity index (χ3n) is 4.75. The lowest BCUT2D eigenvalue weighted by atomic mass is 9.73. The highest BCUT2D eigenvalue weighted by molar-refractivity contribution is 5.17. The quantitative estimate of drug-likeness (QED) is 0.916. The van der Waals surface area contributed by atoms with Gasteiger partial charge in [-0.2, -0.15) is 0 Å². The molecule has 0 amide bonds. The zero-order valence-corrected chi connectivity index (χ0v) is 15.1. The molecule has 1 aromatic rings. The summed E-state index contributed by atoms with van der Waals surface area (Å²) in [5, 5.41) is 8.64. The van der Waals surface area contributed by atoms with Gasteiger partial charge in [0.15, 0.2) is 0 Å². The Morgan fingerprint density at radius 1 is 1.05 bits per heavy atom. The number of nitrogens with two attached hydrogens (primary N) is 1. The molecular formula is C16H34N4. The van der Waals surface area contributed by atoms with Crippen molar-refractivity contribution in [3.63, 3.8) is 0 Å². The highest BCUT2D eigenvalue weighted by Crippen LogP contribution is 2.33. The van der Waals surface area contributed by atoms with Crippen LogP contribution in [-0.4, -0.2) is 20.5 Å². The number of hydrogen-bond acceptors (Lipinski definition) is 3. The van der Waals surface area contributed by atoms with Gasteiger partial charge in [0, 0.05) is 17.2 Å². The van der Waals surface area contributed by atoms with Gasteiger partial charge in [0.25, 0.3) is 0 Å². The average molecular weight is 282 g/mol. The van der Waals surface area contributed by atoms with E-state index in [9.17, 15) is 0 Å². The molecule has 118 valence electrons. The molecule has 0 atom stereocenters. The molecule has 0 saturated carbocycles. The van der Waals surface area contributed by atoms with E-state index < -0.39 is 0 Å². The van der Waals surface area contributed by atoms with Crippen molar-refractivity contribution in [1.29, 1.82) is 0 Å². The third-order valence-corrected chi connectivity index (χ3v) is 4.75. The van der Waals surface area contributed by atoms with E-state index in [0.29, 0.717) is 5.92 Å². The van der Waals surface area contributed by atoms with Gasteiger partial charge in [-0.3, -0.25) is 0 Å². The summed E-state index contributed by atoms with van der Waals surface area (Å²) in [4.78, 5) is 0. The zero-order valence-electron chi connectivity index (χ0n) is 15.1. The van der Waals surface area contributed by atoms with Crippen LogP contribution in [-0.2, 0) is 11.0 Å². The van der Waals surface area contributed by atoms with E-state index in [-0.39, 0.29) is 16.5 Å². The lowest BCUT2D eigenvalue weighted by molar-refractivity contribution is 0.221. The molecule has 0 saturated heterocycles. The lowest BCUT2D eigenvalue weighted by Crippen LogP contribution is -2.50. The van der Waals surface area contributed by atoms with Crippen LogP contribution in [0.3, 0.4) is 0 Å². The molecule has 0 aromatic carbocycles. The van der Waals surface area contributed by atoms with Gasteiger partial charge in [-0.25, -0.2) is 4.68 Å². The van der Waals surface area contributed by atoms with Crippen LogP contribution in [0.5, 0.6) is 0 Å². The van der Waals surface area contributed by atoms with E-state index in [0.717, 1.165) is 5.69 Å². The van der Waals surface area contributed by atoms with Crippen molar-refractivity contribution in [3.8, 4) is 0 Å². The van der Waals surface area contributed by atoms with Crippen LogP contribution in [0.15, 0.2) is 6.20 Å². The maximum absolute atomic E-state index is 6.25. The molecule has 0 spiro atoms.